The van der Waals surface area contributed by atoms with Crippen molar-refractivity contribution in [2.75, 3.05) is 11.5 Å². The van der Waals surface area contributed by atoms with Gasteiger partial charge >= 0.3 is 0 Å². The molecule has 182 valence electrons. The normalized spacial score (nSPS) is 17.7. The first-order valence-corrected chi connectivity index (χ1v) is 12.7. The van der Waals surface area contributed by atoms with Crippen LogP contribution in [-0.4, -0.2) is 52.6 Å². The standard InChI is InChI=1S/C24H28FN3O5S/c1-14-9-16(22(29)26-24(5)12-34(31,32)13-24)10-19-20(14)28(27-21(19)23(3,4)30)17-7-6-8-18(11-17)33-15(2)25/h6-11,15,30H,12-13H2,1-5H3,(H,26,29). The molecule has 0 spiro atoms. The number of sulfone groups is 1. The molecule has 3 aromatic rings. The molecule has 10 heteroatoms. The number of nitrogens with zero attached hydrogens (tertiary/aromatic N) is 2. The van der Waals surface area contributed by atoms with Crippen LogP contribution in [-0.2, 0) is 15.4 Å². The largest absolute Gasteiger partial charge is 0.461 e. The van der Waals surface area contributed by atoms with Gasteiger partial charge in [-0.25, -0.2) is 17.5 Å². The molecule has 8 nitrogen and oxygen atoms in total. The van der Waals surface area contributed by atoms with Gasteiger partial charge in [-0.15, -0.1) is 0 Å². The van der Waals surface area contributed by atoms with E-state index in [0.717, 1.165) is 5.56 Å². The molecule has 2 N–H and O–H groups in total. The molecule has 0 bridgehead atoms. The van der Waals surface area contributed by atoms with Crippen LogP contribution in [0.1, 0.15) is 49.3 Å². The Hall–Kier alpha value is -2.98. The first-order valence-electron chi connectivity index (χ1n) is 10.9. The van der Waals surface area contributed by atoms with Gasteiger partial charge in [-0.1, -0.05) is 6.07 Å². The first-order chi connectivity index (χ1) is 15.7. The highest BCUT2D eigenvalue weighted by atomic mass is 32.2. The van der Waals surface area contributed by atoms with Crippen molar-refractivity contribution in [3.63, 3.8) is 0 Å². The number of carbonyl (C=O) groups excluding carboxylic acids is 1. The van der Waals surface area contributed by atoms with Gasteiger partial charge in [-0.2, -0.15) is 5.10 Å². The number of aromatic nitrogens is 2. The smallest absolute Gasteiger partial charge is 0.251 e. The minimum atomic E-state index is -3.12. The average Bonchev–Trinajstić information content (AvgIpc) is 3.06. The third-order valence-electron chi connectivity index (χ3n) is 5.66. The monoisotopic (exact) mass is 489 g/mol. The summed E-state index contributed by atoms with van der Waals surface area (Å²) in [5, 5.41) is 18.9. The second-order valence-electron chi connectivity index (χ2n) is 9.71. The number of aryl methyl sites for hydroxylation is 1. The van der Waals surface area contributed by atoms with E-state index in [-0.39, 0.29) is 11.5 Å². The van der Waals surface area contributed by atoms with Gasteiger partial charge < -0.3 is 15.2 Å². The molecule has 1 atom stereocenters. The highest BCUT2D eigenvalue weighted by Gasteiger charge is 2.45. The number of nitrogens with one attached hydrogen (secondary N) is 1. The Kier molecular flexibility index (Phi) is 5.72. The van der Waals surface area contributed by atoms with Crippen LogP contribution in [0.5, 0.6) is 5.75 Å². The van der Waals surface area contributed by atoms with Gasteiger partial charge in [-0.3, -0.25) is 4.79 Å². The molecule has 1 unspecified atom stereocenters. The topological polar surface area (TPSA) is 111 Å². The molecule has 4 rings (SSSR count). The number of fused-ring (bicyclic) bond motifs is 1. The van der Waals surface area contributed by atoms with Crippen molar-refractivity contribution < 1.29 is 27.4 Å². The Morgan fingerprint density at radius 3 is 2.56 bits per heavy atom. The Bertz CT molecular complexity index is 1380. The number of amides is 1. The summed E-state index contributed by atoms with van der Waals surface area (Å²) in [6, 6.07) is 10.1. The van der Waals surface area contributed by atoms with E-state index in [0.29, 0.717) is 33.6 Å². The number of benzene rings is 2. The maximum Gasteiger partial charge on any atom is 0.251 e. The zero-order chi connectivity index (χ0) is 25.1. The molecule has 2 aromatic carbocycles. The van der Waals surface area contributed by atoms with Crippen LogP contribution in [0.25, 0.3) is 16.6 Å². The van der Waals surface area contributed by atoms with E-state index < -0.39 is 33.2 Å². The minimum Gasteiger partial charge on any atom is -0.461 e. The zero-order valence-corrected chi connectivity index (χ0v) is 20.5. The number of alkyl halides is 1. The third kappa shape index (κ3) is 4.65. The van der Waals surface area contributed by atoms with Crippen molar-refractivity contribution in [3.05, 3.63) is 53.2 Å². The highest BCUT2D eigenvalue weighted by Crippen LogP contribution is 2.33. The fourth-order valence-electron chi connectivity index (χ4n) is 4.44. The van der Waals surface area contributed by atoms with Gasteiger partial charge in [0.05, 0.1) is 28.2 Å². The summed E-state index contributed by atoms with van der Waals surface area (Å²) in [6.07, 6.45) is -1.48. The van der Waals surface area contributed by atoms with Gasteiger partial charge in [0.25, 0.3) is 5.91 Å². The first kappa shape index (κ1) is 24.2. The number of ether oxygens (including phenoxy) is 1. The summed E-state index contributed by atoms with van der Waals surface area (Å²) in [4.78, 5) is 13.0. The van der Waals surface area contributed by atoms with E-state index in [9.17, 15) is 22.7 Å². The van der Waals surface area contributed by atoms with Crippen LogP contribution in [0.15, 0.2) is 36.4 Å². The highest BCUT2D eigenvalue weighted by molar-refractivity contribution is 7.93. The van der Waals surface area contributed by atoms with E-state index in [1.807, 2.05) is 6.92 Å². The molecule has 2 heterocycles. The van der Waals surface area contributed by atoms with Crippen molar-refractivity contribution in [2.24, 2.45) is 0 Å². The van der Waals surface area contributed by atoms with Crippen molar-refractivity contribution in [2.45, 2.75) is 52.1 Å². The fourth-order valence-corrected chi connectivity index (χ4v) is 6.44. The molecule has 0 aliphatic carbocycles. The van der Waals surface area contributed by atoms with Gasteiger partial charge in [0.1, 0.15) is 17.0 Å². The van der Waals surface area contributed by atoms with Crippen LogP contribution >= 0.6 is 0 Å². The minimum absolute atomic E-state index is 0.101. The quantitative estimate of drug-likeness (QED) is 0.550. The molecule has 1 saturated heterocycles. The summed E-state index contributed by atoms with van der Waals surface area (Å²) in [7, 11) is -3.12. The van der Waals surface area contributed by atoms with Gasteiger partial charge in [0, 0.05) is 23.9 Å². The summed E-state index contributed by atoms with van der Waals surface area (Å²) < 4.78 is 43.4. The number of hydrogen-bond acceptors (Lipinski definition) is 6. The predicted molar refractivity (Wildman–Crippen MR) is 127 cm³/mol. The number of aliphatic hydroxyl groups is 1. The number of hydrogen-bond donors (Lipinski definition) is 2. The molecule has 1 aliphatic rings. The lowest BCUT2D eigenvalue weighted by molar-refractivity contribution is 0.0748. The lowest BCUT2D eigenvalue weighted by atomic mass is 9.97. The second-order valence-corrected chi connectivity index (χ2v) is 11.8. The summed E-state index contributed by atoms with van der Waals surface area (Å²) in [6.45, 7) is 8.02. The molecule has 1 fully saturated rings. The molecule has 0 saturated carbocycles. The second kappa shape index (κ2) is 8.06. The Balaban J connectivity index is 1.81. The van der Waals surface area contributed by atoms with Crippen LogP contribution < -0.4 is 10.1 Å². The number of halogens is 1. The molecule has 1 aromatic heterocycles. The Morgan fingerprint density at radius 1 is 1.29 bits per heavy atom. The van der Waals surface area contributed by atoms with Crippen LogP contribution in [0, 0.1) is 6.92 Å². The van der Waals surface area contributed by atoms with Gasteiger partial charge in [0.15, 0.2) is 9.84 Å². The summed E-state index contributed by atoms with van der Waals surface area (Å²) >= 11 is 0. The van der Waals surface area contributed by atoms with Gasteiger partial charge in [0.2, 0.25) is 6.36 Å². The molecule has 1 aliphatic heterocycles. The Morgan fingerprint density at radius 2 is 1.97 bits per heavy atom. The fraction of sp³-hybridized carbons (Fsp3) is 0.417. The summed E-state index contributed by atoms with van der Waals surface area (Å²) in [5.74, 6) is -0.270. The maximum absolute atomic E-state index is 13.4. The predicted octanol–water partition coefficient (Wildman–Crippen LogP) is 3.17. The third-order valence-corrected chi connectivity index (χ3v) is 7.82. The molecule has 34 heavy (non-hydrogen) atoms. The SMILES string of the molecule is Cc1cc(C(=O)NC2(C)CS(=O)(=O)C2)cc2c(C(C)(C)O)nn(-c3cccc(OC(C)F)c3)c12. The lowest BCUT2D eigenvalue weighted by Crippen LogP contribution is -2.63. The number of rotatable bonds is 6. The van der Waals surface area contributed by atoms with E-state index in [4.69, 9.17) is 4.74 Å². The van der Waals surface area contributed by atoms with Crippen molar-refractivity contribution in [1.29, 1.82) is 0 Å². The average molecular weight is 490 g/mol. The van der Waals surface area contributed by atoms with E-state index in [1.165, 1.54) is 6.92 Å². The number of carbonyl (C=O) groups is 1. The van der Waals surface area contributed by atoms with Crippen molar-refractivity contribution in [3.8, 4) is 11.4 Å². The van der Waals surface area contributed by atoms with E-state index >= 15 is 0 Å². The van der Waals surface area contributed by atoms with Gasteiger partial charge in [-0.05, 0) is 57.5 Å². The molecular weight excluding hydrogens is 461 g/mol. The molecule has 1 amide bonds. The van der Waals surface area contributed by atoms with Crippen LogP contribution in [0.4, 0.5) is 4.39 Å². The lowest BCUT2D eigenvalue weighted by Gasteiger charge is -2.38. The molecule has 0 radical (unpaired) electrons. The van der Waals surface area contributed by atoms with Crippen molar-refractivity contribution in [1.82, 2.24) is 15.1 Å². The van der Waals surface area contributed by atoms with E-state index in [1.54, 1.807) is 61.9 Å². The van der Waals surface area contributed by atoms with Crippen LogP contribution in [0.3, 0.4) is 0 Å². The molecular formula is C24H28FN3O5S. The maximum atomic E-state index is 13.4. The Labute approximate surface area is 197 Å². The van der Waals surface area contributed by atoms with E-state index in [2.05, 4.69) is 10.4 Å². The summed E-state index contributed by atoms with van der Waals surface area (Å²) in [5.41, 5.74) is 0.577. The van der Waals surface area contributed by atoms with Crippen molar-refractivity contribution >= 4 is 26.6 Å². The van der Waals surface area contributed by atoms with Crippen LogP contribution in [0.2, 0.25) is 0 Å². The zero-order valence-electron chi connectivity index (χ0n) is 19.7.